The van der Waals surface area contributed by atoms with Gasteiger partial charge in [-0.3, -0.25) is 10.1 Å². The highest BCUT2D eigenvalue weighted by molar-refractivity contribution is 5.48. The normalized spacial score (nSPS) is 23.0. The van der Waals surface area contributed by atoms with Crippen LogP contribution in [-0.2, 0) is 6.61 Å². The molecule has 0 radical (unpaired) electrons. The van der Waals surface area contributed by atoms with Crippen LogP contribution in [-0.4, -0.2) is 27.3 Å². The smallest absolute Gasteiger partial charge is 0.310 e. The van der Waals surface area contributed by atoms with Crippen molar-refractivity contribution in [3.8, 4) is 5.75 Å². The van der Waals surface area contributed by atoms with Crippen molar-refractivity contribution in [2.75, 3.05) is 0 Å². The minimum absolute atomic E-state index is 0.109. The summed E-state index contributed by atoms with van der Waals surface area (Å²) in [4.78, 5) is 10.3. The van der Waals surface area contributed by atoms with Crippen molar-refractivity contribution < 1.29 is 19.9 Å². The molecule has 0 aromatic heterocycles. The Balaban J connectivity index is 2.25. The van der Waals surface area contributed by atoms with E-state index in [0.717, 1.165) is 6.42 Å². The highest BCUT2D eigenvalue weighted by atomic mass is 16.6. The zero-order chi connectivity index (χ0) is 13.1. The lowest BCUT2D eigenvalue weighted by atomic mass is 10.2. The largest absolute Gasteiger partial charge is 0.481 e. The second-order valence-electron chi connectivity index (χ2n) is 4.37. The molecule has 2 atom stereocenters. The van der Waals surface area contributed by atoms with Crippen LogP contribution in [0.2, 0.25) is 0 Å². The lowest BCUT2D eigenvalue weighted by molar-refractivity contribution is -0.386. The molecular weight excluding hydrogens is 238 g/mol. The number of rotatable bonds is 4. The molecule has 1 aromatic carbocycles. The molecule has 1 saturated carbocycles. The van der Waals surface area contributed by atoms with Crippen molar-refractivity contribution in [2.45, 2.75) is 38.1 Å². The maximum absolute atomic E-state index is 10.9. The first-order valence-electron chi connectivity index (χ1n) is 5.84. The Morgan fingerprint density at radius 3 is 2.78 bits per heavy atom. The standard InChI is InChI=1S/C12H15NO5/c14-7-8-4-5-9(13(16)17)12(6-8)18-11-3-1-2-10(11)15/h4-6,10-11,14-15H,1-3,7H2. The molecule has 6 nitrogen and oxygen atoms in total. The zero-order valence-electron chi connectivity index (χ0n) is 9.78. The van der Waals surface area contributed by atoms with E-state index in [-0.39, 0.29) is 18.0 Å². The van der Waals surface area contributed by atoms with E-state index >= 15 is 0 Å². The van der Waals surface area contributed by atoms with E-state index in [4.69, 9.17) is 9.84 Å². The summed E-state index contributed by atoms with van der Waals surface area (Å²) < 4.78 is 5.52. The predicted molar refractivity (Wildman–Crippen MR) is 63.3 cm³/mol. The van der Waals surface area contributed by atoms with Crippen LogP contribution in [0.5, 0.6) is 5.75 Å². The van der Waals surface area contributed by atoms with E-state index in [1.165, 1.54) is 18.2 Å². The van der Waals surface area contributed by atoms with E-state index < -0.39 is 17.1 Å². The molecule has 1 aliphatic carbocycles. The fourth-order valence-corrected chi connectivity index (χ4v) is 2.11. The van der Waals surface area contributed by atoms with Gasteiger partial charge in [0.15, 0.2) is 5.75 Å². The minimum atomic E-state index is -0.581. The SMILES string of the molecule is O=[N+]([O-])c1ccc(CO)cc1OC1CCCC1O. The van der Waals surface area contributed by atoms with Crippen molar-refractivity contribution in [1.29, 1.82) is 0 Å². The number of ether oxygens (including phenoxy) is 1. The highest BCUT2D eigenvalue weighted by Crippen LogP contribution is 2.32. The van der Waals surface area contributed by atoms with Gasteiger partial charge < -0.3 is 14.9 Å². The fourth-order valence-electron chi connectivity index (χ4n) is 2.11. The van der Waals surface area contributed by atoms with Gasteiger partial charge in [0.05, 0.1) is 17.6 Å². The quantitative estimate of drug-likeness (QED) is 0.624. The molecule has 0 spiro atoms. The van der Waals surface area contributed by atoms with Crippen molar-refractivity contribution in [3.05, 3.63) is 33.9 Å². The van der Waals surface area contributed by atoms with Gasteiger partial charge in [-0.25, -0.2) is 0 Å². The van der Waals surface area contributed by atoms with Crippen LogP contribution in [0.1, 0.15) is 24.8 Å². The lowest BCUT2D eigenvalue weighted by Crippen LogP contribution is -2.26. The maximum atomic E-state index is 10.9. The first-order chi connectivity index (χ1) is 8.61. The lowest BCUT2D eigenvalue weighted by Gasteiger charge is -2.17. The van der Waals surface area contributed by atoms with E-state index in [0.29, 0.717) is 18.4 Å². The molecule has 0 aliphatic heterocycles. The van der Waals surface area contributed by atoms with Crippen molar-refractivity contribution in [1.82, 2.24) is 0 Å². The summed E-state index contributed by atoms with van der Waals surface area (Å²) in [6.45, 7) is -0.207. The number of aliphatic hydroxyl groups excluding tert-OH is 2. The van der Waals surface area contributed by atoms with Crippen molar-refractivity contribution in [3.63, 3.8) is 0 Å². The van der Waals surface area contributed by atoms with Gasteiger partial charge in [0.25, 0.3) is 0 Å². The number of hydrogen-bond donors (Lipinski definition) is 2. The molecule has 2 unspecified atom stereocenters. The van der Waals surface area contributed by atoms with Crippen LogP contribution in [0.4, 0.5) is 5.69 Å². The Hall–Kier alpha value is -1.66. The van der Waals surface area contributed by atoms with Gasteiger partial charge in [-0.05, 0) is 37.0 Å². The second-order valence-corrected chi connectivity index (χ2v) is 4.37. The van der Waals surface area contributed by atoms with Gasteiger partial charge in [0.1, 0.15) is 6.10 Å². The van der Waals surface area contributed by atoms with Crippen molar-refractivity contribution in [2.24, 2.45) is 0 Å². The molecule has 0 amide bonds. The van der Waals surface area contributed by atoms with Crippen LogP contribution < -0.4 is 4.74 Å². The molecule has 0 saturated heterocycles. The van der Waals surface area contributed by atoms with Gasteiger partial charge in [-0.15, -0.1) is 0 Å². The van der Waals surface area contributed by atoms with E-state index in [1.807, 2.05) is 0 Å². The van der Waals surface area contributed by atoms with Crippen LogP contribution in [0.3, 0.4) is 0 Å². The van der Waals surface area contributed by atoms with Crippen molar-refractivity contribution >= 4 is 5.69 Å². The summed E-state index contributed by atoms with van der Waals surface area (Å²) in [5, 5.41) is 29.6. The van der Waals surface area contributed by atoms with Gasteiger partial charge in [-0.1, -0.05) is 0 Å². The summed E-state index contributed by atoms with van der Waals surface area (Å²) in [7, 11) is 0. The maximum Gasteiger partial charge on any atom is 0.310 e. The third-order valence-electron chi connectivity index (χ3n) is 3.10. The molecule has 2 N–H and O–H groups in total. The van der Waals surface area contributed by atoms with Gasteiger partial charge in [0.2, 0.25) is 0 Å². The third-order valence-corrected chi connectivity index (χ3v) is 3.10. The third kappa shape index (κ3) is 2.60. The first kappa shape index (κ1) is 12.8. The Kier molecular flexibility index (Phi) is 3.78. The number of nitrogens with zero attached hydrogens (tertiary/aromatic N) is 1. The first-order valence-corrected chi connectivity index (χ1v) is 5.84. The summed E-state index contributed by atoms with van der Waals surface area (Å²) >= 11 is 0. The predicted octanol–water partition coefficient (Wildman–Crippen LogP) is 1.38. The fraction of sp³-hybridized carbons (Fsp3) is 0.500. The van der Waals surface area contributed by atoms with E-state index in [1.54, 1.807) is 0 Å². The molecule has 98 valence electrons. The highest BCUT2D eigenvalue weighted by Gasteiger charge is 2.29. The van der Waals surface area contributed by atoms with Crippen LogP contribution in [0, 0.1) is 10.1 Å². The van der Waals surface area contributed by atoms with Gasteiger partial charge in [0, 0.05) is 6.07 Å². The minimum Gasteiger partial charge on any atom is -0.481 e. The molecule has 18 heavy (non-hydrogen) atoms. The number of nitro benzene ring substituents is 1. The Labute approximate surface area is 104 Å². The summed E-state index contributed by atoms with van der Waals surface area (Å²) in [6.07, 6.45) is 1.19. The molecule has 2 rings (SSSR count). The van der Waals surface area contributed by atoms with Crippen LogP contribution in [0.25, 0.3) is 0 Å². The van der Waals surface area contributed by atoms with E-state index in [9.17, 15) is 15.2 Å². The number of benzene rings is 1. The van der Waals surface area contributed by atoms with Crippen LogP contribution >= 0.6 is 0 Å². The topological polar surface area (TPSA) is 92.8 Å². The molecule has 0 bridgehead atoms. The molecule has 1 fully saturated rings. The molecule has 1 aromatic rings. The summed E-state index contributed by atoms with van der Waals surface area (Å²) in [5.74, 6) is 0.109. The molecule has 1 aliphatic rings. The number of aliphatic hydroxyl groups is 2. The Morgan fingerprint density at radius 1 is 1.44 bits per heavy atom. The summed E-state index contributed by atoms with van der Waals surface area (Å²) in [5.41, 5.74) is 0.398. The Morgan fingerprint density at radius 2 is 2.22 bits per heavy atom. The number of nitro groups is 1. The zero-order valence-corrected chi connectivity index (χ0v) is 9.78. The van der Waals surface area contributed by atoms with Gasteiger partial charge in [-0.2, -0.15) is 0 Å². The van der Waals surface area contributed by atoms with E-state index in [2.05, 4.69) is 0 Å². The average Bonchev–Trinajstić information content (AvgIpc) is 2.74. The number of hydrogen-bond acceptors (Lipinski definition) is 5. The van der Waals surface area contributed by atoms with Crippen LogP contribution in [0.15, 0.2) is 18.2 Å². The monoisotopic (exact) mass is 253 g/mol. The molecule has 0 heterocycles. The summed E-state index contributed by atoms with van der Waals surface area (Å²) in [6, 6.07) is 4.24. The average molecular weight is 253 g/mol. The Bertz CT molecular complexity index is 448. The second kappa shape index (κ2) is 5.32. The van der Waals surface area contributed by atoms with Gasteiger partial charge >= 0.3 is 5.69 Å². The molecule has 6 heteroatoms. The molecular formula is C12H15NO5.